The fourth-order valence-corrected chi connectivity index (χ4v) is 10.1. The van der Waals surface area contributed by atoms with Crippen molar-refractivity contribution in [3.05, 3.63) is 267 Å². The number of rotatable bonds is 68. The van der Waals surface area contributed by atoms with Gasteiger partial charge < -0.3 is 27.9 Å². The van der Waals surface area contributed by atoms with E-state index < -0.39 is 32.5 Å². The van der Waals surface area contributed by atoms with Crippen LogP contribution < -0.4 is 4.89 Å². The highest BCUT2D eigenvalue weighted by Crippen LogP contribution is 2.38. The van der Waals surface area contributed by atoms with Crippen molar-refractivity contribution in [2.75, 3.05) is 47.5 Å². The smallest absolute Gasteiger partial charge is 0.306 e. The first-order valence-corrected chi connectivity index (χ1v) is 40.5. The number of unbranched alkanes of at least 4 members (excludes halogenated alkanes) is 10. The molecule has 0 aliphatic heterocycles. The maximum atomic E-state index is 12.9. The van der Waals surface area contributed by atoms with Gasteiger partial charge in [-0.3, -0.25) is 14.2 Å². The molecule has 0 aromatic heterocycles. The number of hydrogen-bond acceptors (Lipinski definition) is 8. The number of phosphoric ester groups is 1. The normalized spacial score (nSPS) is 14.5. The molecule has 0 spiro atoms. The highest BCUT2D eigenvalue weighted by atomic mass is 31.2. The Hall–Kier alpha value is -6.71. The number of phosphoric acid groups is 1. The van der Waals surface area contributed by atoms with E-state index in [0.717, 1.165) is 180 Å². The molecule has 2 atom stereocenters. The van der Waals surface area contributed by atoms with Gasteiger partial charge in [0.05, 0.1) is 27.7 Å². The lowest BCUT2D eigenvalue weighted by Gasteiger charge is -2.28. The van der Waals surface area contributed by atoms with Crippen LogP contribution in [0.25, 0.3) is 0 Å². The molecule has 0 radical (unpaired) electrons. The van der Waals surface area contributed by atoms with Crippen LogP contribution in [-0.2, 0) is 32.7 Å². The molecule has 0 aliphatic carbocycles. The fourth-order valence-electron chi connectivity index (χ4n) is 9.37. The van der Waals surface area contributed by atoms with Crippen molar-refractivity contribution in [1.82, 2.24) is 0 Å². The molecule has 0 aromatic rings. The third kappa shape index (κ3) is 82.2. The van der Waals surface area contributed by atoms with Gasteiger partial charge in [0.15, 0.2) is 6.10 Å². The van der Waals surface area contributed by atoms with Crippen molar-refractivity contribution in [2.24, 2.45) is 0 Å². The molecule has 0 saturated carbocycles. The summed E-state index contributed by atoms with van der Waals surface area (Å²) in [5.74, 6) is -0.916. The van der Waals surface area contributed by atoms with Gasteiger partial charge in [0, 0.05) is 12.8 Å². The molecule has 9 nitrogen and oxygen atoms in total. The molecule has 10 heteroatoms. The number of esters is 2. The number of allylic oxidation sites excluding steroid dienone is 44. The Morgan fingerprint density at radius 2 is 0.529 bits per heavy atom. The lowest BCUT2D eigenvalue weighted by atomic mass is 10.1. The van der Waals surface area contributed by atoms with E-state index in [1.54, 1.807) is 0 Å². The van der Waals surface area contributed by atoms with Crippen LogP contribution in [-0.4, -0.2) is 70.0 Å². The molecule has 0 fully saturated rings. The molecule has 0 aromatic carbocycles. The van der Waals surface area contributed by atoms with Crippen LogP contribution in [0.5, 0.6) is 0 Å². The summed E-state index contributed by atoms with van der Waals surface area (Å²) in [6, 6.07) is 0. The van der Waals surface area contributed by atoms with Crippen molar-refractivity contribution in [3.63, 3.8) is 0 Å². The van der Waals surface area contributed by atoms with E-state index >= 15 is 0 Å². The fraction of sp³-hybridized carbons (Fsp3) is 0.500. The first kappa shape index (κ1) is 95.3. The third-order valence-electron chi connectivity index (χ3n) is 15.2. The molecule has 0 bridgehead atoms. The van der Waals surface area contributed by atoms with Gasteiger partial charge in [0.25, 0.3) is 7.82 Å². The predicted octanol–water partition coefficient (Wildman–Crippen LogP) is 26.0. The Balaban J connectivity index is 4.22. The molecule has 102 heavy (non-hydrogen) atoms. The summed E-state index contributed by atoms with van der Waals surface area (Å²) in [6.45, 7) is 3.91. The highest BCUT2D eigenvalue weighted by Gasteiger charge is 2.22. The number of nitrogens with zero attached hydrogens (tertiary/aromatic N) is 1. The molecule has 2 unspecified atom stereocenters. The van der Waals surface area contributed by atoms with Crippen molar-refractivity contribution < 1.29 is 42.1 Å². The minimum atomic E-state index is -4.68. The zero-order chi connectivity index (χ0) is 74.0. The van der Waals surface area contributed by atoms with Gasteiger partial charge in [0.2, 0.25) is 0 Å². The quantitative estimate of drug-likeness (QED) is 0.0195. The summed E-state index contributed by atoms with van der Waals surface area (Å²) >= 11 is 0. The largest absolute Gasteiger partial charge is 0.756 e. The van der Waals surface area contributed by atoms with Gasteiger partial charge in [-0.2, -0.15) is 0 Å². The maximum absolute atomic E-state index is 12.9. The predicted molar refractivity (Wildman–Crippen MR) is 442 cm³/mol. The summed E-state index contributed by atoms with van der Waals surface area (Å²) in [5, 5.41) is 0. The summed E-state index contributed by atoms with van der Waals surface area (Å²) in [6.07, 6.45) is 130. The van der Waals surface area contributed by atoms with E-state index in [1.165, 1.54) is 25.7 Å². The van der Waals surface area contributed by atoms with E-state index in [-0.39, 0.29) is 26.1 Å². The third-order valence-corrected chi connectivity index (χ3v) is 16.2. The monoisotopic (exact) mass is 1420 g/mol. The Kier molecular flexibility index (Phi) is 73.3. The number of ether oxygens (including phenoxy) is 2. The lowest BCUT2D eigenvalue weighted by Crippen LogP contribution is -2.37. The van der Waals surface area contributed by atoms with Gasteiger partial charge in [-0.05, 0) is 180 Å². The highest BCUT2D eigenvalue weighted by molar-refractivity contribution is 7.45. The van der Waals surface area contributed by atoms with Crippen LogP contribution >= 0.6 is 7.82 Å². The van der Waals surface area contributed by atoms with Gasteiger partial charge in [-0.25, -0.2) is 0 Å². The number of likely N-dealkylation sites (N-methyl/N-ethyl adjacent to an activating group) is 1. The van der Waals surface area contributed by atoms with Gasteiger partial charge in [-0.1, -0.05) is 320 Å². The van der Waals surface area contributed by atoms with Crippen LogP contribution in [0.3, 0.4) is 0 Å². The Labute approximate surface area is 624 Å². The summed E-state index contributed by atoms with van der Waals surface area (Å²) in [7, 11) is 1.09. The molecular weight excluding hydrogens is 1280 g/mol. The molecule has 0 heterocycles. The molecule has 566 valence electrons. The van der Waals surface area contributed by atoms with Crippen molar-refractivity contribution in [3.8, 4) is 0 Å². The minimum absolute atomic E-state index is 0.0560. The average Bonchev–Trinajstić information content (AvgIpc) is 0.914. The van der Waals surface area contributed by atoms with Crippen LogP contribution in [0.15, 0.2) is 267 Å². The maximum Gasteiger partial charge on any atom is 0.306 e. The zero-order valence-corrected chi connectivity index (χ0v) is 65.3. The standard InChI is InChI=1S/C92H140NO8P/c1-6-8-10-12-14-16-18-20-22-24-26-28-30-32-34-36-38-40-42-44-46-48-50-52-54-56-58-60-62-64-66-68-70-72-74-76-78-80-82-84-91(94)98-88-90(89-100-102(96,97)99-87-86-93(3,4)5)101-92(95)85-83-81-79-77-75-73-71-69-67-65-63-61-59-57-55-53-51-49-47-45-43-41-39-37-35-33-31-29-27-25-23-21-19-17-15-13-11-9-7-2/h8-11,14-17,20-23,26-29,32-35,38-41,44-47,50-53,56-59,62-65,69,71,75,77,90H,6-7,12-13,18-19,24-25,30-31,36-37,42-43,48-49,54-55,60-61,66-68,70,72-74,76,78-89H2,1-5H3/b10-8-,11-9-,16-14-,17-15-,22-20-,23-21-,28-26-,29-27-,34-32-,35-33-,40-38-,41-39-,46-44-,47-45-,52-50-,53-51-,58-56-,59-57-,64-62-,65-63-,71-69-,77-75-. The van der Waals surface area contributed by atoms with E-state index in [2.05, 4.69) is 281 Å². The molecule has 0 saturated heterocycles. The second-order valence-electron chi connectivity index (χ2n) is 25.9. The van der Waals surface area contributed by atoms with Gasteiger partial charge in [-0.15, -0.1) is 0 Å². The average molecular weight is 1420 g/mol. The SMILES string of the molecule is CC/C=C\C/C=C\C/C=C\C/C=C\C/C=C\C/C=C\C/C=C\C/C=C\C/C=C\C/C=C\C/C=C\C/C=C\CCCCC(=O)OC(COC(=O)CCCCCCCCCC/C=C\C/C=C\C/C=C\C/C=C\C/C=C\C/C=C\C/C=C\C/C=C\C/C=C\C/C=C\CC)COP(=O)([O-])OCC[N+](C)(C)C. The van der Waals surface area contributed by atoms with Crippen molar-refractivity contribution >= 4 is 19.8 Å². The Bertz CT molecular complexity index is 2730. The molecule has 0 rings (SSSR count). The van der Waals surface area contributed by atoms with E-state index in [4.69, 9.17) is 18.5 Å². The topological polar surface area (TPSA) is 111 Å². The zero-order valence-electron chi connectivity index (χ0n) is 64.4. The second kappa shape index (κ2) is 78.4. The molecule has 0 N–H and O–H groups in total. The summed E-state index contributed by atoms with van der Waals surface area (Å²) in [5.41, 5.74) is 0. The number of hydrogen-bond donors (Lipinski definition) is 0. The first-order chi connectivity index (χ1) is 50.0. The molecule has 0 aliphatic rings. The van der Waals surface area contributed by atoms with Gasteiger partial charge in [0.1, 0.15) is 19.8 Å². The minimum Gasteiger partial charge on any atom is -0.756 e. The number of quaternary nitrogens is 1. The van der Waals surface area contributed by atoms with E-state index in [1.807, 2.05) is 21.1 Å². The van der Waals surface area contributed by atoms with Crippen LogP contribution in [0.1, 0.15) is 245 Å². The number of carbonyl (C=O) groups is 2. The van der Waals surface area contributed by atoms with E-state index in [9.17, 15) is 19.0 Å². The van der Waals surface area contributed by atoms with E-state index in [0.29, 0.717) is 23.9 Å². The summed E-state index contributed by atoms with van der Waals surface area (Å²) in [4.78, 5) is 38.1. The lowest BCUT2D eigenvalue weighted by molar-refractivity contribution is -0.870. The number of carbonyl (C=O) groups excluding carboxylic acids is 2. The van der Waals surface area contributed by atoms with Crippen molar-refractivity contribution in [2.45, 2.75) is 251 Å². The van der Waals surface area contributed by atoms with Crippen molar-refractivity contribution in [1.29, 1.82) is 0 Å². The Morgan fingerprint density at radius 3 is 0.804 bits per heavy atom. The van der Waals surface area contributed by atoms with Gasteiger partial charge >= 0.3 is 11.9 Å². The van der Waals surface area contributed by atoms with Crippen LogP contribution in [0, 0.1) is 0 Å². The second-order valence-corrected chi connectivity index (χ2v) is 27.3. The summed E-state index contributed by atoms with van der Waals surface area (Å²) < 4.78 is 34.3. The first-order valence-electron chi connectivity index (χ1n) is 39.0. The molecule has 0 amide bonds. The Morgan fingerprint density at radius 1 is 0.304 bits per heavy atom. The van der Waals surface area contributed by atoms with Crippen LogP contribution in [0.2, 0.25) is 0 Å². The molecular formula is C92H140NO8P. The van der Waals surface area contributed by atoms with Crippen LogP contribution in [0.4, 0.5) is 0 Å².